The third-order valence-corrected chi connectivity index (χ3v) is 5.67. The lowest BCUT2D eigenvalue weighted by atomic mass is 9.70. The number of nitrogens with one attached hydrogen (secondary N) is 1. The summed E-state index contributed by atoms with van der Waals surface area (Å²) in [6.45, 7) is 12.5. The molecule has 1 N–H and O–H groups in total. The van der Waals surface area contributed by atoms with Gasteiger partial charge in [0.2, 0.25) is 0 Å². The van der Waals surface area contributed by atoms with Crippen molar-refractivity contribution in [3.8, 4) is 0 Å². The second-order valence-electron chi connectivity index (χ2n) is 7.01. The van der Waals surface area contributed by atoms with Gasteiger partial charge in [0.25, 0.3) is 0 Å². The van der Waals surface area contributed by atoms with Crippen molar-refractivity contribution in [3.63, 3.8) is 0 Å². The van der Waals surface area contributed by atoms with E-state index >= 15 is 0 Å². The Balaban J connectivity index is 1.87. The van der Waals surface area contributed by atoms with Crippen LogP contribution >= 0.6 is 0 Å². The molecule has 1 aliphatic heterocycles. The SMILES string of the molecule is CCCNC(CCN(CC)CC)C1CCOC2(CCC2)C1. The smallest absolute Gasteiger partial charge is 0.0685 e. The molecule has 0 aromatic heterocycles. The van der Waals surface area contributed by atoms with E-state index in [1.165, 1.54) is 64.6 Å². The van der Waals surface area contributed by atoms with Gasteiger partial charge in [-0.1, -0.05) is 20.8 Å². The molecule has 0 aromatic rings. The summed E-state index contributed by atoms with van der Waals surface area (Å²) in [5, 5.41) is 3.85. The Labute approximate surface area is 131 Å². The molecule has 3 nitrogen and oxygen atoms in total. The monoisotopic (exact) mass is 296 g/mol. The second kappa shape index (κ2) is 8.50. The van der Waals surface area contributed by atoms with E-state index in [2.05, 4.69) is 31.0 Å². The Morgan fingerprint density at radius 2 is 2.00 bits per heavy atom. The van der Waals surface area contributed by atoms with E-state index in [-0.39, 0.29) is 5.60 Å². The van der Waals surface area contributed by atoms with Crippen molar-refractivity contribution in [2.75, 3.05) is 32.8 Å². The Kier molecular flexibility index (Phi) is 6.97. The van der Waals surface area contributed by atoms with Crippen molar-refractivity contribution >= 4 is 0 Å². The second-order valence-corrected chi connectivity index (χ2v) is 7.01. The summed E-state index contributed by atoms with van der Waals surface area (Å²) in [6.07, 6.45) is 9.06. The first-order chi connectivity index (χ1) is 10.2. The van der Waals surface area contributed by atoms with Crippen LogP contribution in [-0.2, 0) is 4.74 Å². The van der Waals surface area contributed by atoms with Gasteiger partial charge in [-0.05, 0) is 77.0 Å². The quantitative estimate of drug-likeness (QED) is 0.705. The zero-order valence-electron chi connectivity index (χ0n) is 14.5. The third-order valence-electron chi connectivity index (χ3n) is 5.67. The molecule has 2 unspecified atom stereocenters. The van der Waals surface area contributed by atoms with Gasteiger partial charge in [-0.3, -0.25) is 0 Å². The fourth-order valence-electron chi connectivity index (χ4n) is 4.02. The summed E-state index contributed by atoms with van der Waals surface area (Å²) in [4.78, 5) is 2.55. The molecular formula is C18H36N2O. The van der Waals surface area contributed by atoms with Crippen molar-refractivity contribution in [1.29, 1.82) is 0 Å². The van der Waals surface area contributed by atoms with Crippen molar-refractivity contribution < 1.29 is 4.74 Å². The van der Waals surface area contributed by atoms with Crippen LogP contribution in [-0.4, -0.2) is 49.3 Å². The van der Waals surface area contributed by atoms with Gasteiger partial charge in [-0.15, -0.1) is 0 Å². The van der Waals surface area contributed by atoms with Crippen LogP contribution in [0, 0.1) is 5.92 Å². The first kappa shape index (κ1) is 17.2. The highest BCUT2D eigenvalue weighted by molar-refractivity contribution is 4.96. The Hall–Kier alpha value is -0.120. The predicted octanol–water partition coefficient (Wildman–Crippen LogP) is 3.44. The minimum Gasteiger partial charge on any atom is -0.375 e. The van der Waals surface area contributed by atoms with Crippen LogP contribution in [0.3, 0.4) is 0 Å². The van der Waals surface area contributed by atoms with Crippen LogP contribution < -0.4 is 5.32 Å². The number of ether oxygens (including phenoxy) is 1. The molecule has 124 valence electrons. The van der Waals surface area contributed by atoms with Gasteiger partial charge in [0.1, 0.15) is 0 Å². The van der Waals surface area contributed by atoms with Gasteiger partial charge in [-0.2, -0.15) is 0 Å². The highest BCUT2D eigenvalue weighted by Crippen LogP contribution is 2.45. The molecule has 3 heteroatoms. The average molecular weight is 296 g/mol. The zero-order valence-corrected chi connectivity index (χ0v) is 14.5. The van der Waals surface area contributed by atoms with Crippen LogP contribution in [0.5, 0.6) is 0 Å². The highest BCUT2D eigenvalue weighted by Gasteiger charge is 2.44. The first-order valence-corrected chi connectivity index (χ1v) is 9.32. The van der Waals surface area contributed by atoms with Gasteiger partial charge in [0.15, 0.2) is 0 Å². The lowest BCUT2D eigenvalue weighted by molar-refractivity contribution is -0.147. The van der Waals surface area contributed by atoms with Crippen LogP contribution in [0.15, 0.2) is 0 Å². The molecular weight excluding hydrogens is 260 g/mol. The Bertz CT molecular complexity index is 287. The van der Waals surface area contributed by atoms with Crippen LogP contribution in [0.4, 0.5) is 0 Å². The molecule has 2 atom stereocenters. The van der Waals surface area contributed by atoms with Crippen LogP contribution in [0.2, 0.25) is 0 Å². The van der Waals surface area contributed by atoms with Crippen molar-refractivity contribution in [2.45, 2.75) is 77.4 Å². The number of rotatable bonds is 9. The zero-order chi connectivity index (χ0) is 15.1. The van der Waals surface area contributed by atoms with Crippen molar-refractivity contribution in [3.05, 3.63) is 0 Å². The predicted molar refractivity (Wildman–Crippen MR) is 89.7 cm³/mol. The molecule has 0 bridgehead atoms. The Morgan fingerprint density at radius 3 is 2.57 bits per heavy atom. The topological polar surface area (TPSA) is 24.5 Å². The van der Waals surface area contributed by atoms with Gasteiger partial charge >= 0.3 is 0 Å². The summed E-state index contributed by atoms with van der Waals surface area (Å²) in [5.74, 6) is 0.821. The largest absolute Gasteiger partial charge is 0.375 e. The Morgan fingerprint density at radius 1 is 1.24 bits per heavy atom. The van der Waals surface area contributed by atoms with E-state index in [9.17, 15) is 0 Å². The molecule has 1 saturated carbocycles. The molecule has 2 rings (SSSR count). The molecule has 0 radical (unpaired) electrons. The summed E-state index contributed by atoms with van der Waals surface area (Å²) >= 11 is 0. The number of hydrogen-bond acceptors (Lipinski definition) is 3. The van der Waals surface area contributed by atoms with E-state index in [1.54, 1.807) is 0 Å². The maximum absolute atomic E-state index is 6.12. The average Bonchev–Trinajstić information content (AvgIpc) is 2.49. The fraction of sp³-hybridized carbons (Fsp3) is 1.00. The molecule has 1 heterocycles. The summed E-state index contributed by atoms with van der Waals surface area (Å²) in [7, 11) is 0. The fourth-order valence-corrected chi connectivity index (χ4v) is 4.02. The van der Waals surface area contributed by atoms with Crippen LogP contribution in [0.25, 0.3) is 0 Å². The van der Waals surface area contributed by atoms with Crippen molar-refractivity contribution in [1.82, 2.24) is 10.2 Å². The van der Waals surface area contributed by atoms with E-state index < -0.39 is 0 Å². The molecule has 2 fully saturated rings. The standard InChI is InChI=1S/C18H36N2O/c1-4-12-19-17(8-13-20(5-2)6-3)16-9-14-21-18(15-16)10-7-11-18/h16-17,19H,4-15H2,1-3H3. The van der Waals surface area contributed by atoms with Gasteiger partial charge in [-0.25, -0.2) is 0 Å². The molecule has 0 amide bonds. The van der Waals surface area contributed by atoms with E-state index in [1.807, 2.05) is 0 Å². The molecule has 21 heavy (non-hydrogen) atoms. The minimum absolute atomic E-state index is 0.282. The molecule has 1 aliphatic carbocycles. The van der Waals surface area contributed by atoms with Gasteiger partial charge in [0, 0.05) is 12.6 Å². The van der Waals surface area contributed by atoms with Gasteiger partial charge < -0.3 is 15.0 Å². The highest BCUT2D eigenvalue weighted by atomic mass is 16.5. The molecule has 1 saturated heterocycles. The summed E-state index contributed by atoms with van der Waals surface area (Å²) in [6, 6.07) is 0.687. The normalized spacial score (nSPS) is 26.0. The summed E-state index contributed by atoms with van der Waals surface area (Å²) in [5.41, 5.74) is 0.282. The summed E-state index contributed by atoms with van der Waals surface area (Å²) < 4.78 is 6.12. The number of nitrogens with zero attached hydrogens (tertiary/aromatic N) is 1. The number of hydrogen-bond donors (Lipinski definition) is 1. The van der Waals surface area contributed by atoms with Crippen LogP contribution in [0.1, 0.15) is 65.7 Å². The lowest BCUT2D eigenvalue weighted by Crippen LogP contribution is -2.51. The minimum atomic E-state index is 0.282. The first-order valence-electron chi connectivity index (χ1n) is 9.32. The third kappa shape index (κ3) is 4.67. The maximum atomic E-state index is 6.12. The van der Waals surface area contributed by atoms with E-state index in [0.29, 0.717) is 6.04 Å². The van der Waals surface area contributed by atoms with E-state index in [0.717, 1.165) is 19.1 Å². The van der Waals surface area contributed by atoms with Gasteiger partial charge in [0.05, 0.1) is 5.60 Å². The van der Waals surface area contributed by atoms with E-state index in [4.69, 9.17) is 4.74 Å². The lowest BCUT2D eigenvalue weighted by Gasteiger charge is -2.49. The maximum Gasteiger partial charge on any atom is 0.0685 e. The molecule has 2 aliphatic rings. The van der Waals surface area contributed by atoms with Crippen molar-refractivity contribution in [2.24, 2.45) is 5.92 Å². The molecule has 1 spiro atoms. The molecule has 0 aromatic carbocycles.